The van der Waals surface area contributed by atoms with Crippen LogP contribution in [0.2, 0.25) is 0 Å². The lowest BCUT2D eigenvalue weighted by atomic mass is 10.3. The van der Waals surface area contributed by atoms with Gasteiger partial charge >= 0.3 is 0 Å². The number of benzene rings is 2. The molecule has 0 saturated heterocycles. The van der Waals surface area contributed by atoms with Gasteiger partial charge in [-0.1, -0.05) is 17.8 Å². The van der Waals surface area contributed by atoms with Crippen LogP contribution in [-0.2, 0) is 0 Å². The van der Waals surface area contributed by atoms with Crippen molar-refractivity contribution < 1.29 is 14.8 Å². The Kier molecular flexibility index (Phi) is 4.70. The van der Waals surface area contributed by atoms with Crippen molar-refractivity contribution >= 4 is 17.4 Å². The molecule has 1 N–H and O–H groups in total. The van der Waals surface area contributed by atoms with E-state index in [-0.39, 0.29) is 17.5 Å². The first-order chi connectivity index (χ1) is 9.94. The third-order valence-electron chi connectivity index (χ3n) is 2.50. The highest BCUT2D eigenvalue weighted by atomic mass is 32.2. The van der Waals surface area contributed by atoms with Crippen LogP contribution in [0.5, 0.6) is 11.5 Å². The summed E-state index contributed by atoms with van der Waals surface area (Å²) in [6.45, 7) is 3.72. The molecule has 0 saturated carbocycles. The first-order valence-corrected chi connectivity index (χ1v) is 7.19. The van der Waals surface area contributed by atoms with Crippen LogP contribution in [0.15, 0.2) is 52.3 Å². The molecule has 0 fully saturated rings. The Morgan fingerprint density at radius 3 is 2.57 bits per heavy atom. The molecule has 2 rings (SSSR count). The zero-order chi connectivity index (χ0) is 15.4. The molecule has 0 atom stereocenters. The number of hydrogen-bond donors (Lipinski definition) is 1. The highest BCUT2D eigenvalue weighted by Crippen LogP contribution is 2.35. The van der Waals surface area contributed by atoms with Crippen molar-refractivity contribution in [3.05, 3.63) is 52.6 Å². The molecule has 0 aromatic heterocycles. The van der Waals surface area contributed by atoms with Crippen LogP contribution in [0.25, 0.3) is 0 Å². The van der Waals surface area contributed by atoms with Gasteiger partial charge in [0, 0.05) is 15.9 Å². The Bertz CT molecular complexity index is 658. The van der Waals surface area contributed by atoms with E-state index >= 15 is 0 Å². The Morgan fingerprint density at radius 2 is 1.95 bits per heavy atom. The summed E-state index contributed by atoms with van der Waals surface area (Å²) in [7, 11) is 0. The highest BCUT2D eigenvalue weighted by Gasteiger charge is 2.12. The van der Waals surface area contributed by atoms with E-state index in [0.717, 1.165) is 4.90 Å². The Morgan fingerprint density at radius 1 is 1.19 bits per heavy atom. The molecule has 0 spiro atoms. The van der Waals surface area contributed by atoms with Crippen molar-refractivity contribution in [2.45, 2.75) is 29.7 Å². The van der Waals surface area contributed by atoms with Gasteiger partial charge in [0.15, 0.2) is 0 Å². The molecule has 2 aromatic rings. The van der Waals surface area contributed by atoms with E-state index in [9.17, 15) is 15.2 Å². The van der Waals surface area contributed by atoms with E-state index in [4.69, 9.17) is 4.74 Å². The van der Waals surface area contributed by atoms with Gasteiger partial charge in [-0.05, 0) is 38.1 Å². The molecule has 0 bridgehead atoms. The number of ether oxygens (including phenoxy) is 1. The number of aromatic hydroxyl groups is 1. The molecule has 21 heavy (non-hydrogen) atoms. The predicted molar refractivity (Wildman–Crippen MR) is 81.1 cm³/mol. The third-order valence-corrected chi connectivity index (χ3v) is 3.46. The van der Waals surface area contributed by atoms with Crippen molar-refractivity contribution in [3.63, 3.8) is 0 Å². The second-order valence-electron chi connectivity index (χ2n) is 4.69. The summed E-state index contributed by atoms with van der Waals surface area (Å²) in [5.41, 5.74) is -0.0178. The van der Waals surface area contributed by atoms with Gasteiger partial charge < -0.3 is 9.84 Å². The van der Waals surface area contributed by atoms with E-state index in [2.05, 4.69) is 0 Å². The van der Waals surface area contributed by atoms with Crippen LogP contribution in [0.4, 0.5) is 5.69 Å². The van der Waals surface area contributed by atoms with Gasteiger partial charge in [0.1, 0.15) is 11.5 Å². The first kappa shape index (κ1) is 15.2. The summed E-state index contributed by atoms with van der Waals surface area (Å²) < 4.78 is 5.54. The van der Waals surface area contributed by atoms with Crippen LogP contribution in [-0.4, -0.2) is 16.1 Å². The zero-order valence-electron chi connectivity index (χ0n) is 11.6. The largest absolute Gasteiger partial charge is 0.508 e. The minimum absolute atomic E-state index is 0.0178. The lowest BCUT2D eigenvalue weighted by molar-refractivity contribution is -0.385. The van der Waals surface area contributed by atoms with Crippen molar-refractivity contribution in [3.8, 4) is 11.5 Å². The van der Waals surface area contributed by atoms with Gasteiger partial charge in [-0.15, -0.1) is 0 Å². The fraction of sp³-hybridized carbons (Fsp3) is 0.200. The van der Waals surface area contributed by atoms with E-state index in [0.29, 0.717) is 10.6 Å². The first-order valence-electron chi connectivity index (χ1n) is 6.37. The van der Waals surface area contributed by atoms with Crippen molar-refractivity contribution in [1.29, 1.82) is 0 Å². The molecule has 0 unspecified atom stereocenters. The third kappa shape index (κ3) is 4.39. The maximum atomic E-state index is 11.0. The highest BCUT2D eigenvalue weighted by molar-refractivity contribution is 7.99. The lowest BCUT2D eigenvalue weighted by Crippen LogP contribution is -2.05. The van der Waals surface area contributed by atoms with Crippen LogP contribution in [0.1, 0.15) is 13.8 Å². The average molecular weight is 305 g/mol. The molecule has 0 radical (unpaired) electrons. The second-order valence-corrected chi connectivity index (χ2v) is 5.83. The maximum Gasteiger partial charge on any atom is 0.274 e. The van der Waals surface area contributed by atoms with Crippen LogP contribution >= 0.6 is 11.8 Å². The van der Waals surface area contributed by atoms with E-state index < -0.39 is 4.92 Å². The normalized spacial score (nSPS) is 10.6. The molecule has 6 heteroatoms. The molecule has 0 amide bonds. The van der Waals surface area contributed by atoms with Crippen molar-refractivity contribution in [1.82, 2.24) is 0 Å². The predicted octanol–water partition coefficient (Wildman–Crippen LogP) is 4.24. The summed E-state index contributed by atoms with van der Waals surface area (Å²) in [4.78, 5) is 12.0. The average Bonchev–Trinajstić information content (AvgIpc) is 2.37. The fourth-order valence-corrected chi connectivity index (χ4v) is 2.70. The molecule has 0 heterocycles. The fourth-order valence-electron chi connectivity index (χ4n) is 1.74. The van der Waals surface area contributed by atoms with Crippen LogP contribution in [0, 0.1) is 10.1 Å². The SMILES string of the molecule is CC(C)Oc1cc(Sc2cccc(O)c2)cc([N+](=O)[O-])c1. The molecular weight excluding hydrogens is 290 g/mol. The van der Waals surface area contributed by atoms with Crippen LogP contribution < -0.4 is 4.74 Å². The molecule has 2 aromatic carbocycles. The number of non-ortho nitro benzene ring substituents is 1. The Balaban J connectivity index is 2.33. The molecule has 110 valence electrons. The minimum atomic E-state index is -0.445. The number of phenols is 1. The summed E-state index contributed by atoms with van der Waals surface area (Å²) in [6.07, 6.45) is -0.0642. The second kappa shape index (κ2) is 6.49. The summed E-state index contributed by atoms with van der Waals surface area (Å²) in [6, 6.07) is 11.4. The van der Waals surface area contributed by atoms with Gasteiger partial charge in [-0.3, -0.25) is 10.1 Å². The van der Waals surface area contributed by atoms with E-state index in [1.54, 1.807) is 24.3 Å². The van der Waals surface area contributed by atoms with Gasteiger partial charge in [0.2, 0.25) is 0 Å². The summed E-state index contributed by atoms with van der Waals surface area (Å²) >= 11 is 1.33. The Hall–Kier alpha value is -2.21. The van der Waals surface area contributed by atoms with E-state index in [1.165, 1.54) is 23.9 Å². The number of hydrogen-bond acceptors (Lipinski definition) is 5. The molecule has 5 nitrogen and oxygen atoms in total. The number of nitro groups is 1. The number of phenolic OH excluding ortho intramolecular Hbond substituents is 1. The summed E-state index contributed by atoms with van der Waals surface area (Å²) in [5, 5.41) is 20.5. The van der Waals surface area contributed by atoms with Gasteiger partial charge in [0.05, 0.1) is 17.1 Å². The summed E-state index contributed by atoms with van der Waals surface area (Å²) in [5.74, 6) is 0.617. The van der Waals surface area contributed by atoms with Gasteiger partial charge in [0.25, 0.3) is 5.69 Å². The standard InChI is InChI=1S/C15H15NO4S/c1-10(2)20-13-6-11(16(18)19)7-15(9-13)21-14-5-3-4-12(17)8-14/h3-10,17H,1-2H3. The number of rotatable bonds is 5. The number of nitro benzene ring substituents is 1. The molecule has 0 aliphatic carbocycles. The van der Waals surface area contributed by atoms with Crippen LogP contribution in [0.3, 0.4) is 0 Å². The lowest BCUT2D eigenvalue weighted by Gasteiger charge is -2.11. The zero-order valence-corrected chi connectivity index (χ0v) is 12.5. The van der Waals surface area contributed by atoms with Gasteiger partial charge in [-0.25, -0.2) is 0 Å². The quantitative estimate of drug-likeness (QED) is 0.660. The molecule has 0 aliphatic rings. The smallest absolute Gasteiger partial charge is 0.274 e. The van der Waals surface area contributed by atoms with Gasteiger partial charge in [-0.2, -0.15) is 0 Å². The van der Waals surface area contributed by atoms with Crippen molar-refractivity contribution in [2.75, 3.05) is 0 Å². The Labute approximate surface area is 126 Å². The maximum absolute atomic E-state index is 11.0. The minimum Gasteiger partial charge on any atom is -0.508 e. The number of nitrogens with zero attached hydrogens (tertiary/aromatic N) is 1. The topological polar surface area (TPSA) is 72.6 Å². The van der Waals surface area contributed by atoms with Crippen molar-refractivity contribution in [2.24, 2.45) is 0 Å². The molecule has 0 aliphatic heterocycles. The monoisotopic (exact) mass is 305 g/mol. The molecular formula is C15H15NO4S. The van der Waals surface area contributed by atoms with E-state index in [1.807, 2.05) is 19.9 Å².